The largest absolute Gasteiger partial charge is 0.490 e. The summed E-state index contributed by atoms with van der Waals surface area (Å²) in [6.07, 6.45) is 8.60. The molecule has 0 aromatic heterocycles. The molecule has 2 N–H and O–H groups in total. The number of amides is 1. The van der Waals surface area contributed by atoms with Crippen molar-refractivity contribution >= 4 is 33.2 Å². The van der Waals surface area contributed by atoms with Gasteiger partial charge < -0.3 is 19.5 Å². The van der Waals surface area contributed by atoms with Crippen LogP contribution >= 0.6 is 11.6 Å². The number of nitrogens with zero attached hydrogens (tertiary/aromatic N) is 1. The first-order chi connectivity index (χ1) is 19.7. The van der Waals surface area contributed by atoms with Gasteiger partial charge in [-0.1, -0.05) is 29.8 Å². The Hall–Kier alpha value is -2.59. The Bertz CT molecular complexity index is 1520. The Morgan fingerprint density at radius 3 is 2.73 bits per heavy atom. The highest BCUT2D eigenvalue weighted by atomic mass is 35.5. The van der Waals surface area contributed by atoms with Crippen LogP contribution in [0.2, 0.25) is 5.02 Å². The smallest absolute Gasteiger partial charge is 0.265 e. The van der Waals surface area contributed by atoms with Crippen molar-refractivity contribution in [2.45, 2.75) is 67.0 Å². The van der Waals surface area contributed by atoms with Gasteiger partial charge in [0, 0.05) is 23.5 Å². The molecule has 2 aromatic carbocycles. The predicted octanol–water partition coefficient (Wildman–Crippen LogP) is 4.12. The Morgan fingerprint density at radius 2 is 1.95 bits per heavy atom. The Kier molecular flexibility index (Phi) is 6.65. The van der Waals surface area contributed by atoms with Crippen LogP contribution in [0.3, 0.4) is 0 Å². The first kappa shape index (κ1) is 27.3. The second-order valence-electron chi connectivity index (χ2n) is 12.4. The minimum Gasteiger partial charge on any atom is -0.490 e. The normalized spacial score (nSPS) is 32.5. The average molecular weight is 599 g/mol. The Morgan fingerprint density at radius 1 is 1.10 bits per heavy atom. The summed E-state index contributed by atoms with van der Waals surface area (Å²) < 4.78 is 41.4. The molecule has 2 aliphatic heterocycles. The number of aliphatic hydroxyl groups is 1. The SMILES string of the molecule is O=C1NS(=O)(=O)c2ccc3c(c2)N(C[C@@H]2CC[C@H]2[C@@H](O)/C=C/COC12CC2)C[C@@]1(CCCc2cc(Cl)ccc21)CO3. The van der Waals surface area contributed by atoms with E-state index in [4.69, 9.17) is 21.1 Å². The number of sulfonamides is 1. The predicted molar refractivity (Wildman–Crippen MR) is 155 cm³/mol. The minimum atomic E-state index is -4.14. The molecule has 0 radical (unpaired) electrons. The molecule has 218 valence electrons. The van der Waals surface area contributed by atoms with Crippen molar-refractivity contribution in [1.82, 2.24) is 4.72 Å². The molecule has 2 aromatic rings. The molecule has 0 unspecified atom stereocenters. The van der Waals surface area contributed by atoms with Crippen LogP contribution in [0.5, 0.6) is 5.75 Å². The molecule has 2 fully saturated rings. The van der Waals surface area contributed by atoms with Crippen molar-refractivity contribution in [1.29, 1.82) is 0 Å². The fraction of sp³-hybridized carbons (Fsp3) is 0.516. The third-order valence-electron chi connectivity index (χ3n) is 9.82. The molecule has 4 atom stereocenters. The number of aryl methyl sites for hydroxylation is 1. The lowest BCUT2D eigenvalue weighted by Crippen LogP contribution is -2.49. The van der Waals surface area contributed by atoms with Crippen molar-refractivity contribution in [2.75, 3.05) is 31.2 Å². The monoisotopic (exact) mass is 598 g/mol. The summed E-state index contributed by atoms with van der Waals surface area (Å²) in [5.41, 5.74) is 1.72. The van der Waals surface area contributed by atoms with E-state index in [1.54, 1.807) is 24.3 Å². The maximum absolute atomic E-state index is 13.4. The van der Waals surface area contributed by atoms with Gasteiger partial charge in [0.25, 0.3) is 15.9 Å². The molecule has 41 heavy (non-hydrogen) atoms. The number of fused-ring (bicyclic) bond motifs is 4. The number of hydrogen-bond acceptors (Lipinski definition) is 7. The maximum Gasteiger partial charge on any atom is 0.265 e. The number of halogens is 1. The van der Waals surface area contributed by atoms with Crippen LogP contribution in [-0.2, 0) is 31.4 Å². The van der Waals surface area contributed by atoms with Gasteiger partial charge in [0.1, 0.15) is 11.4 Å². The Labute approximate surface area is 245 Å². The number of nitrogens with one attached hydrogen (secondary N) is 1. The topological polar surface area (TPSA) is 105 Å². The third kappa shape index (κ3) is 4.84. The van der Waals surface area contributed by atoms with Crippen LogP contribution in [0.15, 0.2) is 53.4 Å². The molecule has 0 saturated heterocycles. The number of aliphatic hydroxyl groups excluding tert-OH is 1. The lowest BCUT2D eigenvalue weighted by Gasteiger charge is -2.45. The molecule has 2 heterocycles. The van der Waals surface area contributed by atoms with Crippen LogP contribution in [0, 0.1) is 11.8 Å². The molecule has 2 saturated carbocycles. The summed E-state index contributed by atoms with van der Waals surface area (Å²) in [5, 5.41) is 11.8. The van der Waals surface area contributed by atoms with Gasteiger partial charge in [0.15, 0.2) is 0 Å². The van der Waals surface area contributed by atoms with E-state index in [2.05, 4.69) is 21.8 Å². The lowest BCUT2D eigenvalue weighted by atomic mass is 9.68. The molecule has 2 bridgehead atoms. The van der Waals surface area contributed by atoms with Crippen LogP contribution in [0.25, 0.3) is 0 Å². The van der Waals surface area contributed by atoms with Gasteiger partial charge in [-0.2, -0.15) is 0 Å². The van der Waals surface area contributed by atoms with Crippen LogP contribution in [0.1, 0.15) is 49.7 Å². The second-order valence-corrected chi connectivity index (χ2v) is 14.5. The van der Waals surface area contributed by atoms with Gasteiger partial charge in [-0.15, -0.1) is 0 Å². The highest BCUT2D eigenvalue weighted by molar-refractivity contribution is 7.90. The maximum atomic E-state index is 13.4. The highest BCUT2D eigenvalue weighted by Gasteiger charge is 2.52. The molecule has 7 rings (SSSR count). The molecule has 5 aliphatic rings. The van der Waals surface area contributed by atoms with Crippen molar-refractivity contribution in [3.05, 3.63) is 64.7 Å². The number of carbonyl (C=O) groups excluding carboxylic acids is 1. The molecule has 1 amide bonds. The van der Waals surface area contributed by atoms with Gasteiger partial charge in [-0.05, 0) is 98.2 Å². The van der Waals surface area contributed by atoms with E-state index < -0.39 is 27.6 Å². The van der Waals surface area contributed by atoms with Crippen molar-refractivity contribution in [3.63, 3.8) is 0 Å². The van der Waals surface area contributed by atoms with Crippen LogP contribution < -0.4 is 14.4 Å². The number of ether oxygens (including phenoxy) is 2. The van der Waals surface area contributed by atoms with E-state index in [9.17, 15) is 18.3 Å². The van der Waals surface area contributed by atoms with Crippen molar-refractivity contribution < 1.29 is 27.8 Å². The average Bonchev–Trinajstić information content (AvgIpc) is 3.73. The van der Waals surface area contributed by atoms with Crippen LogP contribution in [-0.4, -0.2) is 57.4 Å². The lowest BCUT2D eigenvalue weighted by molar-refractivity contribution is -0.132. The zero-order valence-corrected chi connectivity index (χ0v) is 24.4. The first-order valence-electron chi connectivity index (χ1n) is 14.5. The molecular formula is C31H35ClN2O6S. The molecule has 10 heteroatoms. The van der Waals surface area contributed by atoms with E-state index in [1.807, 2.05) is 6.07 Å². The summed E-state index contributed by atoms with van der Waals surface area (Å²) in [4.78, 5) is 15.3. The number of rotatable bonds is 0. The van der Waals surface area contributed by atoms with E-state index in [0.717, 1.165) is 37.1 Å². The molecule has 8 nitrogen and oxygen atoms in total. The summed E-state index contributed by atoms with van der Waals surface area (Å²) in [5.74, 6) is 0.282. The minimum absolute atomic E-state index is 0.0120. The number of carbonyl (C=O) groups is 1. The van der Waals surface area contributed by atoms with E-state index in [-0.39, 0.29) is 28.8 Å². The van der Waals surface area contributed by atoms with Gasteiger partial charge >= 0.3 is 0 Å². The summed E-state index contributed by atoms with van der Waals surface area (Å²) >= 11 is 6.37. The van der Waals surface area contributed by atoms with E-state index >= 15 is 0 Å². The number of anilines is 1. The van der Waals surface area contributed by atoms with Gasteiger partial charge in [0.05, 0.1) is 29.9 Å². The molecule has 2 spiro atoms. The van der Waals surface area contributed by atoms with Gasteiger partial charge in [-0.3, -0.25) is 4.79 Å². The van der Waals surface area contributed by atoms with E-state index in [1.165, 1.54) is 17.2 Å². The number of benzene rings is 2. The highest BCUT2D eigenvalue weighted by Crippen LogP contribution is 2.47. The molecule has 3 aliphatic carbocycles. The second kappa shape index (κ2) is 10.0. The van der Waals surface area contributed by atoms with Crippen LogP contribution in [0.4, 0.5) is 5.69 Å². The fourth-order valence-corrected chi connectivity index (χ4v) is 8.44. The quantitative estimate of drug-likeness (QED) is 0.440. The number of hydrogen-bond donors (Lipinski definition) is 2. The van der Waals surface area contributed by atoms with Crippen molar-refractivity contribution in [3.8, 4) is 5.75 Å². The standard InChI is InChI=1S/C31H35ClN2O6S/c32-22-6-9-25-20(15-22)3-1-11-30(25)18-34-17-21-5-8-24(21)27(35)4-2-14-40-31(12-13-31)29(36)33-41(37,38)23-7-10-28(39-19-30)26(34)16-23/h2,4,6-7,9-10,15-16,21,24,27,35H,1,3,5,8,11-14,17-19H2,(H,33,36)/b4-2+/t21-,24+,27-,30-/m0/s1. The zero-order valence-electron chi connectivity index (χ0n) is 22.9. The van der Waals surface area contributed by atoms with Crippen molar-refractivity contribution in [2.24, 2.45) is 11.8 Å². The summed E-state index contributed by atoms with van der Waals surface area (Å²) in [6.45, 7) is 1.91. The summed E-state index contributed by atoms with van der Waals surface area (Å²) in [6, 6.07) is 10.9. The first-order valence-corrected chi connectivity index (χ1v) is 16.4. The van der Waals surface area contributed by atoms with Gasteiger partial charge in [-0.25, -0.2) is 13.1 Å². The van der Waals surface area contributed by atoms with Gasteiger partial charge in [0.2, 0.25) is 0 Å². The summed E-state index contributed by atoms with van der Waals surface area (Å²) in [7, 11) is -4.14. The molecular weight excluding hydrogens is 564 g/mol. The third-order valence-corrected chi connectivity index (χ3v) is 11.4. The Balaban J connectivity index is 1.31. The zero-order chi connectivity index (χ0) is 28.4. The van der Waals surface area contributed by atoms with E-state index in [0.29, 0.717) is 44.0 Å². The fourth-order valence-electron chi connectivity index (χ4n) is 7.18.